The van der Waals surface area contributed by atoms with Gasteiger partial charge in [0.25, 0.3) is 5.91 Å². The fraction of sp³-hybridized carbons (Fsp3) is 0.591. The Morgan fingerprint density at radius 1 is 1.24 bits per heavy atom. The first-order chi connectivity index (χ1) is 13.9. The van der Waals surface area contributed by atoms with E-state index in [1.165, 1.54) is 12.1 Å². The first kappa shape index (κ1) is 21.3. The molecule has 0 aromatic heterocycles. The fourth-order valence-corrected chi connectivity index (χ4v) is 3.74. The second-order valence-corrected chi connectivity index (χ2v) is 8.25. The zero-order valence-corrected chi connectivity index (χ0v) is 17.2. The van der Waals surface area contributed by atoms with Gasteiger partial charge in [0, 0.05) is 32.5 Å². The number of benzene rings is 1. The topological polar surface area (TPSA) is 71.0 Å². The van der Waals surface area contributed by atoms with Crippen molar-refractivity contribution < 1.29 is 18.8 Å². The number of carbonyl (C=O) groups is 2. The van der Waals surface area contributed by atoms with Crippen LogP contribution in [0, 0.1) is 17.7 Å². The molecule has 2 heterocycles. The second-order valence-electron chi connectivity index (χ2n) is 8.25. The standard InChI is InChI=1S/C22H30FN3O3/c1-15(2)19-13-20(29-25-19)22(28)26-11-9-16(10-12-26)5-8-21(27)24-14-17-3-6-18(23)7-4-17/h3-4,6-7,15-16,20H,5,8-14H2,1-2H3,(H,24,27). The molecule has 3 rings (SSSR count). The molecule has 0 aliphatic carbocycles. The molecule has 7 heteroatoms. The van der Waals surface area contributed by atoms with Crippen LogP contribution in [0.3, 0.4) is 0 Å². The highest BCUT2D eigenvalue weighted by molar-refractivity contribution is 5.93. The number of amides is 2. The van der Waals surface area contributed by atoms with Gasteiger partial charge in [-0.1, -0.05) is 31.1 Å². The van der Waals surface area contributed by atoms with E-state index in [-0.39, 0.29) is 17.6 Å². The largest absolute Gasteiger partial charge is 0.382 e. The van der Waals surface area contributed by atoms with E-state index in [2.05, 4.69) is 24.3 Å². The minimum absolute atomic E-state index is 0.00514. The van der Waals surface area contributed by atoms with Crippen LogP contribution in [-0.2, 0) is 21.0 Å². The lowest BCUT2D eigenvalue weighted by Gasteiger charge is -2.33. The summed E-state index contributed by atoms with van der Waals surface area (Å²) in [5.74, 6) is 0.498. The molecule has 29 heavy (non-hydrogen) atoms. The van der Waals surface area contributed by atoms with E-state index in [0.29, 0.717) is 44.3 Å². The van der Waals surface area contributed by atoms with Gasteiger partial charge < -0.3 is 15.1 Å². The molecule has 6 nitrogen and oxygen atoms in total. The maximum absolute atomic E-state index is 12.9. The molecule has 1 aromatic carbocycles. The normalized spacial score (nSPS) is 19.8. The number of halogens is 1. The van der Waals surface area contributed by atoms with Crippen molar-refractivity contribution in [2.24, 2.45) is 17.0 Å². The quantitative estimate of drug-likeness (QED) is 0.760. The van der Waals surface area contributed by atoms with Crippen molar-refractivity contribution >= 4 is 17.5 Å². The third-order valence-corrected chi connectivity index (χ3v) is 5.74. The van der Waals surface area contributed by atoms with E-state index in [1.807, 2.05) is 4.90 Å². The Bertz CT molecular complexity index is 740. The van der Waals surface area contributed by atoms with E-state index in [9.17, 15) is 14.0 Å². The van der Waals surface area contributed by atoms with Gasteiger partial charge in [-0.15, -0.1) is 0 Å². The molecular weight excluding hydrogens is 373 g/mol. The number of nitrogens with zero attached hydrogens (tertiary/aromatic N) is 2. The van der Waals surface area contributed by atoms with Crippen LogP contribution >= 0.6 is 0 Å². The molecule has 1 saturated heterocycles. The third kappa shape index (κ3) is 6.02. The van der Waals surface area contributed by atoms with Crippen molar-refractivity contribution in [2.75, 3.05) is 13.1 Å². The molecule has 2 amide bonds. The first-order valence-electron chi connectivity index (χ1n) is 10.4. The van der Waals surface area contributed by atoms with Crippen molar-refractivity contribution in [3.63, 3.8) is 0 Å². The first-order valence-corrected chi connectivity index (χ1v) is 10.4. The number of oxime groups is 1. The summed E-state index contributed by atoms with van der Waals surface area (Å²) in [6.45, 7) is 5.93. The number of hydrogen-bond acceptors (Lipinski definition) is 4. The molecule has 0 spiro atoms. The van der Waals surface area contributed by atoms with Crippen LogP contribution in [0.1, 0.15) is 51.5 Å². The van der Waals surface area contributed by atoms with Crippen molar-refractivity contribution in [1.82, 2.24) is 10.2 Å². The predicted octanol–water partition coefficient (Wildman–Crippen LogP) is 3.26. The highest BCUT2D eigenvalue weighted by Gasteiger charge is 2.34. The summed E-state index contributed by atoms with van der Waals surface area (Å²) in [6, 6.07) is 6.13. The summed E-state index contributed by atoms with van der Waals surface area (Å²) in [7, 11) is 0. The third-order valence-electron chi connectivity index (χ3n) is 5.74. The van der Waals surface area contributed by atoms with Gasteiger partial charge in [0.1, 0.15) is 5.82 Å². The highest BCUT2D eigenvalue weighted by atomic mass is 19.1. The monoisotopic (exact) mass is 403 g/mol. The molecule has 2 aliphatic rings. The second kappa shape index (κ2) is 9.85. The lowest BCUT2D eigenvalue weighted by atomic mass is 9.91. The number of piperidine rings is 1. The number of rotatable bonds is 7. The Morgan fingerprint density at radius 3 is 2.55 bits per heavy atom. The number of nitrogens with one attached hydrogen (secondary N) is 1. The van der Waals surface area contributed by atoms with Gasteiger partial charge in [-0.3, -0.25) is 9.59 Å². The van der Waals surface area contributed by atoms with Crippen molar-refractivity contribution in [3.05, 3.63) is 35.6 Å². The number of carbonyl (C=O) groups excluding carboxylic acids is 2. The Kier molecular flexibility index (Phi) is 7.23. The molecule has 1 aromatic rings. The minimum Gasteiger partial charge on any atom is -0.382 e. The molecule has 0 saturated carbocycles. The van der Waals surface area contributed by atoms with E-state index in [0.717, 1.165) is 30.5 Å². The Morgan fingerprint density at radius 2 is 1.93 bits per heavy atom. The van der Waals surface area contributed by atoms with E-state index in [4.69, 9.17) is 4.84 Å². The Balaban J connectivity index is 1.33. The van der Waals surface area contributed by atoms with Crippen LogP contribution in [0.5, 0.6) is 0 Å². The maximum Gasteiger partial charge on any atom is 0.266 e. The van der Waals surface area contributed by atoms with Gasteiger partial charge in [-0.05, 0) is 48.8 Å². The molecule has 158 valence electrons. The van der Waals surface area contributed by atoms with Crippen LogP contribution in [0.25, 0.3) is 0 Å². The minimum atomic E-state index is -0.471. The molecule has 0 bridgehead atoms. The lowest BCUT2D eigenvalue weighted by Crippen LogP contribution is -2.44. The van der Waals surface area contributed by atoms with Crippen LogP contribution in [-0.4, -0.2) is 41.6 Å². The van der Waals surface area contributed by atoms with E-state index >= 15 is 0 Å². The zero-order valence-electron chi connectivity index (χ0n) is 17.2. The Hall–Kier alpha value is -2.44. The fourth-order valence-electron chi connectivity index (χ4n) is 3.74. The molecule has 0 radical (unpaired) electrons. The van der Waals surface area contributed by atoms with Gasteiger partial charge in [0.15, 0.2) is 0 Å². The molecule has 2 aliphatic heterocycles. The average Bonchev–Trinajstić information content (AvgIpc) is 3.22. The van der Waals surface area contributed by atoms with Gasteiger partial charge in [-0.2, -0.15) is 0 Å². The van der Waals surface area contributed by atoms with Gasteiger partial charge in [0.2, 0.25) is 12.0 Å². The molecule has 1 atom stereocenters. The lowest BCUT2D eigenvalue weighted by molar-refractivity contribution is -0.143. The molecule has 1 unspecified atom stereocenters. The summed E-state index contributed by atoms with van der Waals surface area (Å²) in [5.41, 5.74) is 1.83. The molecular formula is C22H30FN3O3. The van der Waals surface area contributed by atoms with Crippen molar-refractivity contribution in [3.8, 4) is 0 Å². The number of likely N-dealkylation sites (tertiary alicyclic amines) is 1. The van der Waals surface area contributed by atoms with Gasteiger partial charge in [0.05, 0.1) is 5.71 Å². The highest BCUT2D eigenvalue weighted by Crippen LogP contribution is 2.25. The summed E-state index contributed by atoms with van der Waals surface area (Å²) in [6.07, 6.45) is 3.21. The predicted molar refractivity (Wildman–Crippen MR) is 109 cm³/mol. The van der Waals surface area contributed by atoms with Crippen LogP contribution in [0.2, 0.25) is 0 Å². The van der Waals surface area contributed by atoms with E-state index < -0.39 is 6.10 Å². The summed E-state index contributed by atoms with van der Waals surface area (Å²) >= 11 is 0. The Labute approximate surface area is 171 Å². The van der Waals surface area contributed by atoms with Crippen LogP contribution in [0.4, 0.5) is 4.39 Å². The van der Waals surface area contributed by atoms with Gasteiger partial charge >= 0.3 is 0 Å². The average molecular weight is 403 g/mol. The van der Waals surface area contributed by atoms with Crippen LogP contribution < -0.4 is 5.32 Å². The van der Waals surface area contributed by atoms with Gasteiger partial charge in [-0.25, -0.2) is 4.39 Å². The summed E-state index contributed by atoms with van der Waals surface area (Å²) in [4.78, 5) is 31.9. The maximum atomic E-state index is 12.9. The smallest absolute Gasteiger partial charge is 0.266 e. The summed E-state index contributed by atoms with van der Waals surface area (Å²) in [5, 5.41) is 6.93. The summed E-state index contributed by atoms with van der Waals surface area (Å²) < 4.78 is 12.9. The zero-order chi connectivity index (χ0) is 20.8. The SMILES string of the molecule is CC(C)C1=NOC(C(=O)N2CCC(CCC(=O)NCc3ccc(F)cc3)CC2)C1. The van der Waals surface area contributed by atoms with E-state index in [1.54, 1.807) is 12.1 Å². The molecule has 1 N–H and O–H groups in total. The molecule has 1 fully saturated rings. The van der Waals surface area contributed by atoms with Crippen LogP contribution in [0.15, 0.2) is 29.4 Å². The van der Waals surface area contributed by atoms with Crippen molar-refractivity contribution in [2.45, 2.75) is 58.6 Å². The number of hydrogen-bond donors (Lipinski definition) is 1. The van der Waals surface area contributed by atoms with Crippen molar-refractivity contribution in [1.29, 1.82) is 0 Å².